The topological polar surface area (TPSA) is 33.2 Å². The summed E-state index contributed by atoms with van der Waals surface area (Å²) in [6, 6.07) is 13.2. The lowest BCUT2D eigenvalue weighted by molar-refractivity contribution is 0.0713. The second-order valence-corrected chi connectivity index (χ2v) is 8.18. The Morgan fingerprint density at radius 2 is 1.76 bits per heavy atom. The first kappa shape index (κ1) is 16.8. The van der Waals surface area contributed by atoms with Gasteiger partial charge in [-0.05, 0) is 43.2 Å². The fourth-order valence-electron chi connectivity index (χ4n) is 3.25. The van der Waals surface area contributed by atoms with E-state index in [0.717, 1.165) is 31.4 Å². The third kappa shape index (κ3) is 3.52. The van der Waals surface area contributed by atoms with Crippen LogP contribution in [-0.4, -0.2) is 28.9 Å². The summed E-state index contributed by atoms with van der Waals surface area (Å²) < 4.78 is 1.23. The number of amides is 1. The largest absolute Gasteiger partial charge is 0.339 e. The summed E-state index contributed by atoms with van der Waals surface area (Å²) in [6.45, 7) is 1.45. The zero-order valence-corrected chi connectivity index (χ0v) is 15.7. The second kappa shape index (κ2) is 6.94. The van der Waals surface area contributed by atoms with E-state index in [0.29, 0.717) is 21.5 Å². The van der Waals surface area contributed by atoms with Crippen LogP contribution >= 0.6 is 34.5 Å². The van der Waals surface area contributed by atoms with Crippen molar-refractivity contribution in [3.05, 3.63) is 63.1 Å². The molecule has 0 aliphatic carbocycles. The molecule has 3 nitrogen and oxygen atoms in total. The molecule has 0 atom stereocenters. The predicted molar refractivity (Wildman–Crippen MR) is 104 cm³/mol. The molecule has 0 saturated carbocycles. The van der Waals surface area contributed by atoms with Gasteiger partial charge in [0, 0.05) is 34.6 Å². The van der Waals surface area contributed by atoms with E-state index >= 15 is 0 Å². The number of thiazole rings is 1. The van der Waals surface area contributed by atoms with E-state index < -0.39 is 0 Å². The summed E-state index contributed by atoms with van der Waals surface area (Å²) in [6.07, 6.45) is 1.86. The zero-order valence-electron chi connectivity index (χ0n) is 13.4. The van der Waals surface area contributed by atoms with Crippen LogP contribution in [-0.2, 0) is 0 Å². The number of piperidine rings is 1. The van der Waals surface area contributed by atoms with Gasteiger partial charge in [0.25, 0.3) is 5.91 Å². The molecule has 1 amide bonds. The Balaban J connectivity index is 1.46. The SMILES string of the molecule is O=C(c1cc(Cl)cc(Cl)c1)N1CCC(c2nc3ccccc3s2)CC1. The normalized spacial score (nSPS) is 15.7. The van der Waals surface area contributed by atoms with Crippen molar-refractivity contribution in [2.75, 3.05) is 13.1 Å². The number of nitrogens with zero attached hydrogens (tertiary/aromatic N) is 2. The molecule has 2 heterocycles. The molecule has 1 aliphatic heterocycles. The third-order valence-corrected chi connectivity index (χ3v) is 6.19. The molecular formula is C19H16Cl2N2OS. The number of fused-ring (bicyclic) bond motifs is 1. The molecule has 1 aliphatic rings. The summed E-state index contributed by atoms with van der Waals surface area (Å²) >= 11 is 13.8. The van der Waals surface area contributed by atoms with Crippen LogP contribution in [0.2, 0.25) is 10.0 Å². The van der Waals surface area contributed by atoms with Crippen molar-refractivity contribution in [2.24, 2.45) is 0 Å². The van der Waals surface area contributed by atoms with Crippen molar-refractivity contribution in [1.29, 1.82) is 0 Å². The molecule has 0 radical (unpaired) electrons. The van der Waals surface area contributed by atoms with E-state index in [1.54, 1.807) is 29.5 Å². The van der Waals surface area contributed by atoms with Crippen molar-refractivity contribution in [3.63, 3.8) is 0 Å². The van der Waals surface area contributed by atoms with Gasteiger partial charge in [0.2, 0.25) is 0 Å². The Morgan fingerprint density at radius 1 is 1.08 bits per heavy atom. The molecule has 25 heavy (non-hydrogen) atoms. The van der Waals surface area contributed by atoms with Gasteiger partial charge in [0.15, 0.2) is 0 Å². The molecule has 6 heteroatoms. The number of benzene rings is 2. The predicted octanol–water partition coefficient (Wildman–Crippen LogP) is 5.62. The van der Waals surface area contributed by atoms with E-state index in [4.69, 9.17) is 28.2 Å². The first-order valence-corrected chi connectivity index (χ1v) is 9.78. The minimum absolute atomic E-state index is 0.00727. The Bertz CT molecular complexity index is 879. The molecule has 1 saturated heterocycles. The number of hydrogen-bond acceptors (Lipinski definition) is 3. The van der Waals surface area contributed by atoms with Crippen LogP contribution in [0.1, 0.15) is 34.1 Å². The molecule has 3 aromatic rings. The second-order valence-electron chi connectivity index (χ2n) is 6.24. The van der Waals surface area contributed by atoms with Gasteiger partial charge in [-0.2, -0.15) is 0 Å². The molecule has 0 unspecified atom stereocenters. The monoisotopic (exact) mass is 390 g/mol. The highest BCUT2D eigenvalue weighted by Crippen LogP contribution is 2.34. The van der Waals surface area contributed by atoms with Crippen molar-refractivity contribution in [3.8, 4) is 0 Å². The Morgan fingerprint density at radius 3 is 2.44 bits per heavy atom. The van der Waals surface area contributed by atoms with E-state index in [2.05, 4.69) is 12.1 Å². The average molecular weight is 391 g/mol. The van der Waals surface area contributed by atoms with Gasteiger partial charge in [0.1, 0.15) is 0 Å². The number of likely N-dealkylation sites (tertiary alicyclic amines) is 1. The number of hydrogen-bond donors (Lipinski definition) is 0. The third-order valence-electron chi connectivity index (χ3n) is 4.55. The number of carbonyl (C=O) groups excluding carboxylic acids is 1. The maximum Gasteiger partial charge on any atom is 0.253 e. The van der Waals surface area contributed by atoms with Gasteiger partial charge in [-0.3, -0.25) is 4.79 Å². The first-order valence-electron chi connectivity index (χ1n) is 8.21. The van der Waals surface area contributed by atoms with Crippen LogP contribution in [0.4, 0.5) is 0 Å². The zero-order chi connectivity index (χ0) is 17.4. The smallest absolute Gasteiger partial charge is 0.253 e. The quantitative estimate of drug-likeness (QED) is 0.568. The number of aromatic nitrogens is 1. The Kier molecular flexibility index (Phi) is 4.67. The molecule has 0 N–H and O–H groups in total. The van der Waals surface area contributed by atoms with Gasteiger partial charge < -0.3 is 4.90 Å². The fraction of sp³-hybridized carbons (Fsp3) is 0.263. The summed E-state index contributed by atoms with van der Waals surface area (Å²) in [5, 5.41) is 2.15. The standard InChI is InChI=1S/C19H16Cl2N2OS/c20-14-9-13(10-15(21)11-14)19(24)23-7-5-12(6-8-23)18-22-16-3-1-2-4-17(16)25-18/h1-4,9-12H,5-8H2. The van der Waals surface area contributed by atoms with E-state index in [-0.39, 0.29) is 5.91 Å². The van der Waals surface area contributed by atoms with Crippen molar-refractivity contribution < 1.29 is 4.79 Å². The summed E-state index contributed by atoms with van der Waals surface area (Å²) in [5.41, 5.74) is 1.62. The first-order chi connectivity index (χ1) is 12.1. The molecule has 1 fully saturated rings. The summed E-state index contributed by atoms with van der Waals surface area (Å²) in [4.78, 5) is 19.3. The molecule has 1 aromatic heterocycles. The summed E-state index contributed by atoms with van der Waals surface area (Å²) in [5.74, 6) is 0.413. The van der Waals surface area contributed by atoms with E-state index in [1.165, 1.54) is 9.71 Å². The minimum atomic E-state index is -0.00727. The molecule has 2 aromatic carbocycles. The van der Waals surface area contributed by atoms with Gasteiger partial charge in [-0.1, -0.05) is 35.3 Å². The van der Waals surface area contributed by atoms with Crippen molar-refractivity contribution in [2.45, 2.75) is 18.8 Å². The average Bonchev–Trinajstić information content (AvgIpc) is 3.04. The van der Waals surface area contributed by atoms with Crippen LogP contribution in [0.15, 0.2) is 42.5 Å². The van der Waals surface area contributed by atoms with Crippen LogP contribution in [0.25, 0.3) is 10.2 Å². The number of halogens is 2. The van der Waals surface area contributed by atoms with Crippen LogP contribution < -0.4 is 0 Å². The molecule has 0 bridgehead atoms. The van der Waals surface area contributed by atoms with E-state index in [1.807, 2.05) is 17.0 Å². The highest BCUT2D eigenvalue weighted by Gasteiger charge is 2.26. The highest BCUT2D eigenvalue weighted by atomic mass is 35.5. The van der Waals surface area contributed by atoms with Crippen molar-refractivity contribution in [1.82, 2.24) is 9.88 Å². The Labute approximate surface area is 160 Å². The van der Waals surface area contributed by atoms with Crippen LogP contribution in [0, 0.1) is 0 Å². The lowest BCUT2D eigenvalue weighted by Gasteiger charge is -2.31. The van der Waals surface area contributed by atoms with Crippen LogP contribution in [0.3, 0.4) is 0 Å². The lowest BCUT2D eigenvalue weighted by Crippen LogP contribution is -2.37. The maximum atomic E-state index is 12.7. The van der Waals surface area contributed by atoms with Crippen LogP contribution in [0.5, 0.6) is 0 Å². The fourth-order valence-corrected chi connectivity index (χ4v) is 4.92. The lowest BCUT2D eigenvalue weighted by atomic mass is 9.97. The van der Waals surface area contributed by atoms with Gasteiger partial charge in [-0.15, -0.1) is 11.3 Å². The Hall–Kier alpha value is -1.62. The van der Waals surface area contributed by atoms with E-state index in [9.17, 15) is 4.79 Å². The molecule has 0 spiro atoms. The number of rotatable bonds is 2. The molecular weight excluding hydrogens is 375 g/mol. The number of para-hydroxylation sites is 1. The molecule has 4 rings (SSSR count). The molecule has 128 valence electrons. The van der Waals surface area contributed by atoms with Crippen molar-refractivity contribution >= 4 is 50.7 Å². The van der Waals surface area contributed by atoms with Gasteiger partial charge in [-0.25, -0.2) is 4.98 Å². The van der Waals surface area contributed by atoms with Gasteiger partial charge >= 0.3 is 0 Å². The highest BCUT2D eigenvalue weighted by molar-refractivity contribution is 7.18. The minimum Gasteiger partial charge on any atom is -0.339 e. The van der Waals surface area contributed by atoms with Gasteiger partial charge in [0.05, 0.1) is 15.2 Å². The summed E-state index contributed by atoms with van der Waals surface area (Å²) in [7, 11) is 0. The number of carbonyl (C=O) groups is 1. The maximum absolute atomic E-state index is 12.7.